The van der Waals surface area contributed by atoms with Gasteiger partial charge in [0.25, 0.3) is 5.91 Å². The van der Waals surface area contributed by atoms with Crippen LogP contribution in [-0.4, -0.2) is 15.6 Å². The molecule has 3 aromatic rings. The number of allylic oxidation sites excluding steroid dienone is 1. The lowest BCUT2D eigenvalue weighted by atomic mass is 10.1. The Balaban J connectivity index is 1.73. The first-order chi connectivity index (χ1) is 14.0. The molecule has 1 aromatic heterocycles. The molecule has 0 radical (unpaired) electrons. The van der Waals surface area contributed by atoms with Gasteiger partial charge in [0.2, 0.25) is 0 Å². The molecule has 0 aliphatic carbocycles. The maximum Gasteiger partial charge on any atom is 0.264 e. The molecule has 0 bridgehead atoms. The Bertz CT molecular complexity index is 1210. The third kappa shape index (κ3) is 3.76. The minimum absolute atomic E-state index is 0.139. The van der Waals surface area contributed by atoms with Crippen molar-refractivity contribution >= 4 is 57.1 Å². The van der Waals surface area contributed by atoms with E-state index in [-0.39, 0.29) is 5.91 Å². The van der Waals surface area contributed by atoms with Crippen molar-refractivity contribution in [1.82, 2.24) is 9.88 Å². The fourth-order valence-electron chi connectivity index (χ4n) is 3.47. The largest absolute Gasteiger partial charge is 0.340 e. The van der Waals surface area contributed by atoms with E-state index in [4.69, 9.17) is 11.6 Å². The van der Waals surface area contributed by atoms with Crippen LogP contribution >= 0.6 is 23.4 Å². The summed E-state index contributed by atoms with van der Waals surface area (Å²) in [6.07, 6.45) is 3.83. The first-order valence-electron chi connectivity index (χ1n) is 9.22. The summed E-state index contributed by atoms with van der Waals surface area (Å²) in [5.41, 5.74) is 5.03. The Morgan fingerprint density at radius 3 is 2.79 bits per heavy atom. The molecule has 1 aliphatic heterocycles. The van der Waals surface area contributed by atoms with Crippen LogP contribution in [0.5, 0.6) is 0 Å². The molecular weight excluding hydrogens is 402 g/mol. The van der Waals surface area contributed by atoms with Crippen molar-refractivity contribution in [3.8, 4) is 0 Å². The number of amidine groups is 1. The van der Waals surface area contributed by atoms with E-state index < -0.39 is 0 Å². The van der Waals surface area contributed by atoms with Crippen LogP contribution in [0, 0.1) is 13.8 Å². The number of aryl methyl sites for hydroxylation is 1. The lowest BCUT2D eigenvalue weighted by Gasteiger charge is -2.04. The molecule has 1 saturated heterocycles. The number of aromatic nitrogens is 1. The monoisotopic (exact) mass is 421 g/mol. The zero-order valence-corrected chi connectivity index (χ0v) is 17.8. The second kappa shape index (κ2) is 7.93. The van der Waals surface area contributed by atoms with E-state index in [0.29, 0.717) is 15.1 Å². The molecule has 1 aliphatic rings. The van der Waals surface area contributed by atoms with Crippen molar-refractivity contribution in [2.45, 2.75) is 20.4 Å². The Morgan fingerprint density at radius 2 is 2.03 bits per heavy atom. The second-order valence-electron chi connectivity index (χ2n) is 6.83. The fraction of sp³-hybridized carbons (Fsp3) is 0.130. The number of amides is 1. The number of nitrogens with one attached hydrogen (secondary N) is 1. The number of hydrogen-bond donors (Lipinski definition) is 1. The molecule has 2 aromatic carbocycles. The molecule has 1 amide bonds. The lowest BCUT2D eigenvalue weighted by Crippen LogP contribution is -2.19. The topological polar surface area (TPSA) is 46.4 Å². The normalized spacial score (nSPS) is 16.7. The van der Waals surface area contributed by atoms with Gasteiger partial charge in [-0.1, -0.05) is 35.9 Å². The van der Waals surface area contributed by atoms with Gasteiger partial charge in [-0.3, -0.25) is 4.79 Å². The number of nitrogens with zero attached hydrogens (tertiary/aromatic N) is 2. The zero-order chi connectivity index (χ0) is 20.5. The first-order valence-corrected chi connectivity index (χ1v) is 10.4. The van der Waals surface area contributed by atoms with Crippen LogP contribution in [0.25, 0.3) is 17.0 Å². The van der Waals surface area contributed by atoms with E-state index >= 15 is 0 Å². The highest BCUT2D eigenvalue weighted by Crippen LogP contribution is 2.33. The minimum atomic E-state index is -0.139. The number of thioether (sulfide) groups is 1. The van der Waals surface area contributed by atoms with Gasteiger partial charge in [0.15, 0.2) is 5.17 Å². The maximum atomic E-state index is 12.6. The number of halogens is 1. The van der Waals surface area contributed by atoms with Gasteiger partial charge >= 0.3 is 0 Å². The van der Waals surface area contributed by atoms with Crippen molar-refractivity contribution in [3.63, 3.8) is 0 Å². The summed E-state index contributed by atoms with van der Waals surface area (Å²) in [5.74, 6) is -0.139. The van der Waals surface area contributed by atoms with Gasteiger partial charge in [-0.2, -0.15) is 0 Å². The van der Waals surface area contributed by atoms with Crippen molar-refractivity contribution < 1.29 is 4.79 Å². The van der Waals surface area contributed by atoms with Crippen LogP contribution in [0.15, 0.2) is 65.0 Å². The molecule has 2 heterocycles. The molecular formula is C23H20ClN3OS. The van der Waals surface area contributed by atoms with Crippen LogP contribution < -0.4 is 5.32 Å². The molecule has 6 heteroatoms. The number of carbonyl (C=O) groups is 1. The number of hydrogen-bond acceptors (Lipinski definition) is 3. The summed E-state index contributed by atoms with van der Waals surface area (Å²) in [6, 6.07) is 13.7. The van der Waals surface area contributed by atoms with Gasteiger partial charge in [0.05, 0.1) is 10.6 Å². The third-order valence-corrected chi connectivity index (χ3v) is 6.04. The molecule has 1 N–H and O–H groups in total. The van der Waals surface area contributed by atoms with Crippen molar-refractivity contribution in [2.75, 3.05) is 0 Å². The predicted molar refractivity (Wildman–Crippen MR) is 124 cm³/mol. The average molecular weight is 422 g/mol. The summed E-state index contributed by atoms with van der Waals surface area (Å²) in [5, 5.41) is 5.22. The summed E-state index contributed by atoms with van der Waals surface area (Å²) in [7, 11) is 0. The highest BCUT2D eigenvalue weighted by atomic mass is 35.5. The number of para-hydroxylation sites is 1. The summed E-state index contributed by atoms with van der Waals surface area (Å²) < 4.78 is 2.21. The van der Waals surface area contributed by atoms with Crippen LogP contribution in [0.1, 0.15) is 16.8 Å². The first kappa shape index (κ1) is 19.6. The number of fused-ring (bicyclic) bond motifs is 1. The van der Waals surface area contributed by atoms with E-state index in [1.165, 1.54) is 11.8 Å². The smallest absolute Gasteiger partial charge is 0.264 e. The Labute approximate surface area is 179 Å². The highest BCUT2D eigenvalue weighted by Gasteiger charge is 2.25. The second-order valence-corrected chi connectivity index (χ2v) is 8.30. The maximum absolute atomic E-state index is 12.6. The zero-order valence-electron chi connectivity index (χ0n) is 16.2. The van der Waals surface area contributed by atoms with Gasteiger partial charge in [0, 0.05) is 33.7 Å². The molecule has 146 valence electrons. The SMILES string of the molecule is C=CCn1c(C)c(/C=C2\SC(=Nc3ccc(Cl)cc3C)NC2=O)c2ccccc21. The van der Waals surface area contributed by atoms with Gasteiger partial charge in [-0.25, -0.2) is 4.99 Å². The minimum Gasteiger partial charge on any atom is -0.340 e. The molecule has 0 unspecified atom stereocenters. The van der Waals surface area contributed by atoms with Crippen LogP contribution in [0.3, 0.4) is 0 Å². The van der Waals surface area contributed by atoms with Crippen molar-refractivity contribution in [1.29, 1.82) is 0 Å². The molecule has 0 atom stereocenters. The van der Waals surface area contributed by atoms with E-state index in [2.05, 4.69) is 40.5 Å². The number of aliphatic imine (C=N–C) groups is 1. The predicted octanol–water partition coefficient (Wildman–Crippen LogP) is 5.99. The van der Waals surface area contributed by atoms with Crippen LogP contribution in [-0.2, 0) is 11.3 Å². The molecule has 1 fully saturated rings. The quantitative estimate of drug-likeness (QED) is 0.415. The molecule has 0 spiro atoms. The Morgan fingerprint density at radius 1 is 1.24 bits per heavy atom. The molecule has 4 nitrogen and oxygen atoms in total. The fourth-order valence-corrected chi connectivity index (χ4v) is 4.51. The Hall–Kier alpha value is -2.76. The molecule has 0 saturated carbocycles. The van der Waals surface area contributed by atoms with Crippen LogP contribution in [0.4, 0.5) is 5.69 Å². The molecule has 29 heavy (non-hydrogen) atoms. The summed E-state index contributed by atoms with van der Waals surface area (Å²) >= 11 is 7.37. The van der Waals surface area contributed by atoms with Gasteiger partial charge < -0.3 is 9.88 Å². The van der Waals surface area contributed by atoms with Gasteiger partial charge in [-0.05, 0) is 61.5 Å². The molecule has 4 rings (SSSR count). The van der Waals surface area contributed by atoms with Crippen molar-refractivity contribution in [3.05, 3.63) is 81.9 Å². The average Bonchev–Trinajstić information content (AvgIpc) is 3.17. The third-order valence-electron chi connectivity index (χ3n) is 4.90. The standard InChI is InChI=1S/C23H20ClN3OS/c1-4-11-27-15(3)18(17-7-5-6-8-20(17)27)13-21-22(28)26-23(29-21)25-19-10-9-16(24)12-14(19)2/h4-10,12-13H,1,11H2,2-3H3,(H,25,26,28)/b21-13-. The van der Waals surface area contributed by atoms with Gasteiger partial charge in [0.1, 0.15) is 0 Å². The number of benzene rings is 2. The van der Waals surface area contributed by atoms with Crippen LogP contribution in [0.2, 0.25) is 5.02 Å². The van der Waals surface area contributed by atoms with Gasteiger partial charge in [-0.15, -0.1) is 6.58 Å². The number of carbonyl (C=O) groups excluding carboxylic acids is 1. The Kier molecular flexibility index (Phi) is 5.35. The van der Waals surface area contributed by atoms with E-state index in [0.717, 1.165) is 40.0 Å². The van der Waals surface area contributed by atoms with E-state index in [1.807, 2.05) is 43.3 Å². The lowest BCUT2D eigenvalue weighted by molar-refractivity contribution is -0.115. The van der Waals surface area contributed by atoms with E-state index in [9.17, 15) is 4.79 Å². The highest BCUT2D eigenvalue weighted by molar-refractivity contribution is 8.18. The van der Waals surface area contributed by atoms with Crippen molar-refractivity contribution in [2.24, 2.45) is 4.99 Å². The van der Waals surface area contributed by atoms with E-state index in [1.54, 1.807) is 6.07 Å². The number of rotatable bonds is 4. The summed E-state index contributed by atoms with van der Waals surface area (Å²) in [4.78, 5) is 17.8. The summed E-state index contributed by atoms with van der Waals surface area (Å²) in [6.45, 7) is 8.60.